The molecule has 1 radical (unpaired) electrons. The maximum Gasteiger partial charge on any atom is 0.512 e. The van der Waals surface area contributed by atoms with Crippen molar-refractivity contribution in [3.05, 3.63) is 36.5 Å². The minimum absolute atomic E-state index is 0. The molecule has 0 amide bonds. The summed E-state index contributed by atoms with van der Waals surface area (Å²) >= 11 is 0. The first-order chi connectivity index (χ1) is 6.77. The van der Waals surface area contributed by atoms with Crippen LogP contribution < -0.4 is 4.74 Å². The first-order valence-corrected chi connectivity index (χ1v) is 4.02. The summed E-state index contributed by atoms with van der Waals surface area (Å²) in [4.78, 5) is 14.2. The van der Waals surface area contributed by atoms with E-state index in [2.05, 4.69) is 9.72 Å². The van der Waals surface area contributed by atoms with Gasteiger partial charge in [-0.2, -0.15) is 0 Å². The minimum atomic E-state index is -1.35. The van der Waals surface area contributed by atoms with Gasteiger partial charge in [-0.25, -0.2) is 9.78 Å². The van der Waals surface area contributed by atoms with E-state index in [9.17, 15) is 4.79 Å². The van der Waals surface area contributed by atoms with Gasteiger partial charge in [0, 0.05) is 28.4 Å². The molecule has 1 heterocycles. The van der Waals surface area contributed by atoms with Crippen LogP contribution in [0.2, 0.25) is 0 Å². The van der Waals surface area contributed by atoms with Gasteiger partial charge in [0.2, 0.25) is 5.88 Å². The Morgan fingerprint density at radius 2 is 2.00 bits per heavy atom. The quantitative estimate of drug-likeness (QED) is 0.786. The number of carboxylic acid groups (broad SMARTS) is 1. The zero-order chi connectivity index (χ0) is 9.97. The molecule has 0 aliphatic carbocycles. The zero-order valence-corrected chi connectivity index (χ0v) is 8.55. The van der Waals surface area contributed by atoms with E-state index in [4.69, 9.17) is 5.11 Å². The predicted octanol–water partition coefficient (Wildman–Crippen LogP) is 2.29. The van der Waals surface area contributed by atoms with Crippen LogP contribution in [0.15, 0.2) is 36.5 Å². The molecule has 2 aromatic rings. The Bertz CT molecular complexity index is 482. The van der Waals surface area contributed by atoms with Crippen molar-refractivity contribution in [2.45, 2.75) is 0 Å². The summed E-state index contributed by atoms with van der Waals surface area (Å²) in [6.45, 7) is 0. The van der Waals surface area contributed by atoms with Crippen LogP contribution in [0, 0.1) is 0 Å². The molecule has 0 saturated carbocycles. The Kier molecular flexibility index (Phi) is 3.65. The Hall–Kier alpha value is -1.59. The van der Waals surface area contributed by atoms with Crippen molar-refractivity contribution in [3.8, 4) is 5.88 Å². The molecule has 0 atom stereocenters. The van der Waals surface area contributed by atoms with E-state index >= 15 is 0 Å². The van der Waals surface area contributed by atoms with Gasteiger partial charge in [-0.3, -0.25) is 0 Å². The van der Waals surface area contributed by atoms with Crippen LogP contribution in [0.5, 0.6) is 5.88 Å². The maximum absolute atomic E-state index is 10.4. The van der Waals surface area contributed by atoms with Gasteiger partial charge in [0.25, 0.3) is 0 Å². The van der Waals surface area contributed by atoms with E-state index in [1.807, 2.05) is 12.1 Å². The smallest absolute Gasteiger partial charge is 0.449 e. The summed E-state index contributed by atoms with van der Waals surface area (Å²) < 4.78 is 4.53. The van der Waals surface area contributed by atoms with E-state index in [1.54, 1.807) is 18.2 Å². The van der Waals surface area contributed by atoms with Crippen molar-refractivity contribution in [1.82, 2.24) is 4.98 Å². The van der Waals surface area contributed by atoms with Gasteiger partial charge < -0.3 is 9.84 Å². The predicted molar refractivity (Wildman–Crippen MR) is 50.4 cm³/mol. The summed E-state index contributed by atoms with van der Waals surface area (Å²) in [7, 11) is 0. The van der Waals surface area contributed by atoms with Crippen LogP contribution in [0.1, 0.15) is 0 Å². The summed E-state index contributed by atoms with van der Waals surface area (Å²) in [5, 5.41) is 10.1. The zero-order valence-electron chi connectivity index (χ0n) is 7.51. The molecule has 4 nitrogen and oxygen atoms in total. The average molecular weight is 248 g/mol. The van der Waals surface area contributed by atoms with E-state index in [1.165, 1.54) is 6.20 Å². The standard InChI is InChI=1S/C10H7NO3.Co/c12-10(13)14-9-8-4-2-1-3-7(8)5-6-11-9;/h1-6H,(H,12,13);. The molecule has 0 spiro atoms. The molecule has 2 rings (SSSR count). The molecule has 0 bridgehead atoms. The van der Waals surface area contributed by atoms with Gasteiger partial charge in [0.1, 0.15) is 0 Å². The first-order valence-electron chi connectivity index (χ1n) is 4.02. The number of aromatic nitrogens is 1. The van der Waals surface area contributed by atoms with Crippen molar-refractivity contribution < 1.29 is 31.4 Å². The molecule has 1 aromatic carbocycles. The second-order valence-electron chi connectivity index (χ2n) is 2.71. The number of nitrogens with zero attached hydrogens (tertiary/aromatic N) is 1. The van der Waals surface area contributed by atoms with Gasteiger partial charge >= 0.3 is 6.16 Å². The third-order valence-electron chi connectivity index (χ3n) is 1.82. The number of fused-ring (bicyclic) bond motifs is 1. The van der Waals surface area contributed by atoms with E-state index < -0.39 is 6.16 Å². The van der Waals surface area contributed by atoms with Crippen LogP contribution in [0.25, 0.3) is 10.8 Å². The van der Waals surface area contributed by atoms with Crippen molar-refractivity contribution in [2.75, 3.05) is 0 Å². The van der Waals surface area contributed by atoms with Gasteiger partial charge in [0.05, 0.1) is 0 Å². The second kappa shape index (κ2) is 4.76. The number of hydrogen-bond acceptors (Lipinski definition) is 3. The van der Waals surface area contributed by atoms with Crippen LogP contribution >= 0.6 is 0 Å². The summed E-state index contributed by atoms with van der Waals surface area (Å²) in [6.07, 6.45) is 0.162. The maximum atomic E-state index is 10.4. The summed E-state index contributed by atoms with van der Waals surface area (Å²) in [5.41, 5.74) is 0. The molecular weight excluding hydrogens is 241 g/mol. The Morgan fingerprint density at radius 1 is 1.27 bits per heavy atom. The average Bonchev–Trinajstić information content (AvgIpc) is 2.18. The summed E-state index contributed by atoms with van der Waals surface area (Å²) in [6, 6.07) is 9.10. The van der Waals surface area contributed by atoms with Gasteiger partial charge in [-0.1, -0.05) is 18.2 Å². The number of ether oxygens (including phenoxy) is 1. The van der Waals surface area contributed by atoms with Crippen molar-refractivity contribution in [2.24, 2.45) is 0 Å². The van der Waals surface area contributed by atoms with E-state index in [0.29, 0.717) is 5.39 Å². The van der Waals surface area contributed by atoms with Gasteiger partial charge in [-0.15, -0.1) is 0 Å². The number of rotatable bonds is 1. The Morgan fingerprint density at radius 3 is 2.73 bits per heavy atom. The number of benzene rings is 1. The van der Waals surface area contributed by atoms with Gasteiger partial charge in [-0.05, 0) is 17.5 Å². The number of pyridine rings is 1. The first kappa shape index (κ1) is 11.5. The molecule has 0 fully saturated rings. The monoisotopic (exact) mass is 248 g/mol. The third kappa shape index (κ3) is 2.45. The largest absolute Gasteiger partial charge is 0.512 e. The Balaban J connectivity index is 0.00000112. The summed E-state index contributed by atoms with van der Waals surface area (Å²) in [5.74, 6) is 0.121. The molecule has 0 saturated heterocycles. The molecule has 1 aromatic heterocycles. The molecular formula is C10H7CoNO3. The van der Waals surface area contributed by atoms with Crippen LogP contribution in [-0.2, 0) is 16.8 Å². The molecule has 1 N–H and O–H groups in total. The molecule has 15 heavy (non-hydrogen) atoms. The van der Waals surface area contributed by atoms with Crippen molar-refractivity contribution in [1.29, 1.82) is 0 Å². The Labute approximate surface area is 96.1 Å². The molecule has 0 unspecified atom stereocenters. The number of carbonyl (C=O) groups is 1. The fraction of sp³-hybridized carbons (Fsp3) is 0. The van der Waals surface area contributed by atoms with E-state index in [0.717, 1.165) is 5.39 Å². The molecule has 5 heteroatoms. The van der Waals surface area contributed by atoms with Crippen LogP contribution in [0.3, 0.4) is 0 Å². The number of hydrogen-bond donors (Lipinski definition) is 1. The third-order valence-corrected chi connectivity index (χ3v) is 1.82. The van der Waals surface area contributed by atoms with Crippen molar-refractivity contribution >= 4 is 16.9 Å². The fourth-order valence-corrected chi connectivity index (χ4v) is 1.26. The molecule has 0 aliphatic heterocycles. The van der Waals surface area contributed by atoms with E-state index in [-0.39, 0.29) is 22.7 Å². The topological polar surface area (TPSA) is 59.4 Å². The van der Waals surface area contributed by atoms with Crippen molar-refractivity contribution in [3.63, 3.8) is 0 Å². The molecule has 0 aliphatic rings. The minimum Gasteiger partial charge on any atom is -0.449 e. The van der Waals surface area contributed by atoms with Crippen LogP contribution in [-0.4, -0.2) is 16.2 Å². The van der Waals surface area contributed by atoms with Crippen LogP contribution in [0.4, 0.5) is 4.79 Å². The van der Waals surface area contributed by atoms with Gasteiger partial charge in [0.15, 0.2) is 0 Å². The normalized spacial score (nSPS) is 9.33. The SMILES string of the molecule is O=C(O)Oc1nccc2ccccc12.[Co]. The second-order valence-corrected chi connectivity index (χ2v) is 2.71. The fourth-order valence-electron chi connectivity index (χ4n) is 1.26. The molecule has 79 valence electrons.